The predicted octanol–water partition coefficient (Wildman–Crippen LogP) is 1.69. The lowest BCUT2D eigenvalue weighted by Crippen LogP contribution is -2.21. The molecule has 0 aromatic heterocycles. The maximum Gasteiger partial charge on any atom is 0.225 e. The molecular formula is C14H23N3O. The Bertz CT molecular complexity index is 360. The summed E-state index contributed by atoms with van der Waals surface area (Å²) in [5.41, 5.74) is 2.10. The Kier molecular flexibility index (Phi) is 6.39. The normalized spacial score (nSPS) is 10.7. The van der Waals surface area contributed by atoms with E-state index in [4.69, 9.17) is 0 Å². The highest BCUT2D eigenvalue weighted by molar-refractivity contribution is 5.90. The molecular weight excluding hydrogens is 226 g/mol. The zero-order valence-electron chi connectivity index (χ0n) is 11.5. The number of amides is 1. The van der Waals surface area contributed by atoms with Crippen LogP contribution in [0.25, 0.3) is 0 Å². The van der Waals surface area contributed by atoms with Crippen molar-refractivity contribution in [1.82, 2.24) is 10.2 Å². The Labute approximate surface area is 109 Å². The van der Waals surface area contributed by atoms with Crippen molar-refractivity contribution in [2.45, 2.75) is 19.9 Å². The molecule has 2 N–H and O–H groups in total. The Morgan fingerprint density at radius 2 is 1.89 bits per heavy atom. The van der Waals surface area contributed by atoms with Gasteiger partial charge in [-0.15, -0.1) is 0 Å². The third kappa shape index (κ3) is 5.80. The molecule has 1 amide bonds. The van der Waals surface area contributed by atoms with Crippen molar-refractivity contribution in [3.63, 3.8) is 0 Å². The van der Waals surface area contributed by atoms with E-state index in [9.17, 15) is 4.79 Å². The molecule has 0 spiro atoms. The molecule has 4 heteroatoms. The highest BCUT2D eigenvalue weighted by Gasteiger charge is 2.02. The molecule has 0 atom stereocenters. The summed E-state index contributed by atoms with van der Waals surface area (Å²) in [6.07, 6.45) is 0.507. The lowest BCUT2D eigenvalue weighted by Gasteiger charge is -2.10. The van der Waals surface area contributed by atoms with Crippen LogP contribution in [0.1, 0.15) is 18.9 Å². The van der Waals surface area contributed by atoms with E-state index < -0.39 is 0 Å². The van der Waals surface area contributed by atoms with Crippen LogP contribution in [0.5, 0.6) is 0 Å². The second-order valence-electron chi connectivity index (χ2n) is 4.59. The van der Waals surface area contributed by atoms with Crippen molar-refractivity contribution in [3.8, 4) is 0 Å². The SMILES string of the molecule is CCNCCC(=O)Nc1ccc(CN(C)C)cc1. The summed E-state index contributed by atoms with van der Waals surface area (Å²) < 4.78 is 0. The van der Waals surface area contributed by atoms with Gasteiger partial charge in [-0.3, -0.25) is 4.79 Å². The van der Waals surface area contributed by atoms with Crippen molar-refractivity contribution >= 4 is 11.6 Å². The average molecular weight is 249 g/mol. The van der Waals surface area contributed by atoms with Gasteiger partial charge < -0.3 is 15.5 Å². The van der Waals surface area contributed by atoms with Crippen LogP contribution >= 0.6 is 0 Å². The minimum absolute atomic E-state index is 0.0521. The fourth-order valence-corrected chi connectivity index (χ4v) is 1.66. The van der Waals surface area contributed by atoms with E-state index in [0.29, 0.717) is 6.42 Å². The summed E-state index contributed by atoms with van der Waals surface area (Å²) in [4.78, 5) is 13.7. The summed E-state index contributed by atoms with van der Waals surface area (Å²) in [7, 11) is 4.08. The third-order valence-corrected chi connectivity index (χ3v) is 2.52. The Balaban J connectivity index is 2.40. The Morgan fingerprint density at radius 1 is 1.22 bits per heavy atom. The minimum atomic E-state index is 0.0521. The highest BCUT2D eigenvalue weighted by Crippen LogP contribution is 2.10. The number of carbonyl (C=O) groups is 1. The number of carbonyl (C=O) groups excluding carboxylic acids is 1. The van der Waals surface area contributed by atoms with Crippen LogP contribution in [0.4, 0.5) is 5.69 Å². The fourth-order valence-electron chi connectivity index (χ4n) is 1.66. The molecule has 1 aromatic carbocycles. The van der Waals surface area contributed by atoms with E-state index in [2.05, 4.69) is 15.5 Å². The summed E-state index contributed by atoms with van der Waals surface area (Å²) >= 11 is 0. The monoisotopic (exact) mass is 249 g/mol. The van der Waals surface area contributed by atoms with E-state index in [1.807, 2.05) is 45.3 Å². The van der Waals surface area contributed by atoms with Gasteiger partial charge in [0, 0.05) is 25.2 Å². The van der Waals surface area contributed by atoms with Gasteiger partial charge in [-0.1, -0.05) is 19.1 Å². The van der Waals surface area contributed by atoms with Crippen LogP contribution in [0.2, 0.25) is 0 Å². The van der Waals surface area contributed by atoms with Crippen LogP contribution in [0, 0.1) is 0 Å². The van der Waals surface area contributed by atoms with Crippen molar-refractivity contribution in [1.29, 1.82) is 0 Å². The van der Waals surface area contributed by atoms with E-state index in [0.717, 1.165) is 25.3 Å². The van der Waals surface area contributed by atoms with Crippen LogP contribution in [0.3, 0.4) is 0 Å². The van der Waals surface area contributed by atoms with E-state index in [-0.39, 0.29) is 5.91 Å². The van der Waals surface area contributed by atoms with Crippen LogP contribution in [-0.4, -0.2) is 38.0 Å². The number of nitrogens with zero attached hydrogens (tertiary/aromatic N) is 1. The van der Waals surface area contributed by atoms with Crippen LogP contribution < -0.4 is 10.6 Å². The molecule has 0 fully saturated rings. The number of hydrogen-bond acceptors (Lipinski definition) is 3. The first-order valence-electron chi connectivity index (χ1n) is 6.36. The summed E-state index contributed by atoms with van der Waals surface area (Å²) in [5.74, 6) is 0.0521. The Hall–Kier alpha value is -1.39. The minimum Gasteiger partial charge on any atom is -0.326 e. The van der Waals surface area contributed by atoms with Crippen LogP contribution in [-0.2, 0) is 11.3 Å². The lowest BCUT2D eigenvalue weighted by atomic mass is 10.2. The van der Waals surface area contributed by atoms with Gasteiger partial charge >= 0.3 is 0 Å². The van der Waals surface area contributed by atoms with Gasteiger partial charge in [0.05, 0.1) is 0 Å². The summed E-state index contributed by atoms with van der Waals surface area (Å²) in [5, 5.41) is 6.02. The van der Waals surface area contributed by atoms with Gasteiger partial charge in [-0.25, -0.2) is 0 Å². The Morgan fingerprint density at radius 3 is 2.44 bits per heavy atom. The second-order valence-corrected chi connectivity index (χ2v) is 4.59. The maximum atomic E-state index is 11.6. The predicted molar refractivity (Wildman–Crippen MR) is 75.6 cm³/mol. The molecule has 0 aliphatic rings. The summed E-state index contributed by atoms with van der Waals surface area (Å²) in [6, 6.07) is 7.98. The molecule has 4 nitrogen and oxygen atoms in total. The molecule has 0 saturated carbocycles. The standard InChI is InChI=1S/C14H23N3O/c1-4-15-10-9-14(18)16-13-7-5-12(6-8-13)11-17(2)3/h5-8,15H,4,9-11H2,1-3H3,(H,16,18). The molecule has 0 saturated heterocycles. The average Bonchev–Trinajstić information content (AvgIpc) is 2.31. The topological polar surface area (TPSA) is 44.4 Å². The van der Waals surface area contributed by atoms with Crippen molar-refractivity contribution < 1.29 is 4.79 Å². The molecule has 18 heavy (non-hydrogen) atoms. The second kappa shape index (κ2) is 7.84. The fraction of sp³-hybridized carbons (Fsp3) is 0.500. The van der Waals surface area contributed by atoms with Gasteiger partial charge in [0.25, 0.3) is 0 Å². The van der Waals surface area contributed by atoms with Gasteiger partial charge in [-0.05, 0) is 38.3 Å². The molecule has 100 valence electrons. The molecule has 0 unspecified atom stereocenters. The lowest BCUT2D eigenvalue weighted by molar-refractivity contribution is -0.116. The molecule has 0 bridgehead atoms. The van der Waals surface area contributed by atoms with Gasteiger partial charge in [0.15, 0.2) is 0 Å². The number of rotatable bonds is 7. The number of anilines is 1. The third-order valence-electron chi connectivity index (χ3n) is 2.52. The first-order chi connectivity index (χ1) is 8.61. The highest BCUT2D eigenvalue weighted by atomic mass is 16.1. The van der Waals surface area contributed by atoms with Gasteiger partial charge in [-0.2, -0.15) is 0 Å². The smallest absolute Gasteiger partial charge is 0.225 e. The number of hydrogen-bond donors (Lipinski definition) is 2. The summed E-state index contributed by atoms with van der Waals surface area (Å²) in [6.45, 7) is 4.56. The largest absolute Gasteiger partial charge is 0.326 e. The maximum absolute atomic E-state index is 11.6. The molecule has 1 rings (SSSR count). The van der Waals surface area contributed by atoms with Crippen LogP contribution in [0.15, 0.2) is 24.3 Å². The number of benzene rings is 1. The van der Waals surface area contributed by atoms with Crippen molar-refractivity contribution in [3.05, 3.63) is 29.8 Å². The van der Waals surface area contributed by atoms with E-state index in [1.165, 1.54) is 5.56 Å². The first-order valence-corrected chi connectivity index (χ1v) is 6.36. The number of nitrogens with one attached hydrogen (secondary N) is 2. The molecule has 0 heterocycles. The zero-order chi connectivity index (χ0) is 13.4. The zero-order valence-corrected chi connectivity index (χ0v) is 11.5. The first kappa shape index (κ1) is 14.7. The van der Waals surface area contributed by atoms with Gasteiger partial charge in [0.2, 0.25) is 5.91 Å². The molecule has 1 aromatic rings. The molecule has 0 aliphatic carbocycles. The van der Waals surface area contributed by atoms with Gasteiger partial charge in [0.1, 0.15) is 0 Å². The van der Waals surface area contributed by atoms with Crippen molar-refractivity contribution in [2.24, 2.45) is 0 Å². The van der Waals surface area contributed by atoms with E-state index in [1.54, 1.807) is 0 Å². The quantitative estimate of drug-likeness (QED) is 0.723. The molecule has 0 aliphatic heterocycles. The van der Waals surface area contributed by atoms with E-state index >= 15 is 0 Å². The van der Waals surface area contributed by atoms with Crippen molar-refractivity contribution in [2.75, 3.05) is 32.5 Å². The molecule has 0 radical (unpaired) electrons.